The summed E-state index contributed by atoms with van der Waals surface area (Å²) in [6.45, 7) is 0.517. The van der Waals surface area contributed by atoms with Gasteiger partial charge in [0.05, 0.1) is 22.9 Å². The number of hydrogen-bond donors (Lipinski definition) is 1. The maximum atomic E-state index is 5.99. The van der Waals surface area contributed by atoms with Crippen molar-refractivity contribution in [2.45, 2.75) is 6.54 Å². The van der Waals surface area contributed by atoms with E-state index < -0.39 is 0 Å². The van der Waals surface area contributed by atoms with Gasteiger partial charge in [-0.15, -0.1) is 0 Å². The molecule has 0 saturated heterocycles. The van der Waals surface area contributed by atoms with E-state index in [9.17, 15) is 0 Å². The van der Waals surface area contributed by atoms with Crippen molar-refractivity contribution in [1.82, 2.24) is 9.55 Å². The van der Waals surface area contributed by atoms with Crippen LogP contribution >= 0.6 is 11.6 Å². The first-order chi connectivity index (χ1) is 8.70. The maximum Gasteiger partial charge on any atom is 0.203 e. The summed E-state index contributed by atoms with van der Waals surface area (Å²) < 4.78 is 7.10. The van der Waals surface area contributed by atoms with Crippen LogP contribution in [0.5, 0.6) is 0 Å². The molecule has 3 rings (SSSR count). The average Bonchev–Trinajstić information content (AvgIpc) is 2.93. The van der Waals surface area contributed by atoms with E-state index in [1.165, 1.54) is 0 Å². The molecule has 18 heavy (non-hydrogen) atoms. The number of furan rings is 1. The van der Waals surface area contributed by atoms with Gasteiger partial charge < -0.3 is 14.7 Å². The third kappa shape index (κ3) is 1.62. The standard InChI is InChI=1S/C13H12ClN3O/c1-17-11-6-8(7-15)2-3-10(11)16-13(17)9-4-5-18-12(9)14/h2-6H,7,15H2,1H3. The van der Waals surface area contributed by atoms with Gasteiger partial charge >= 0.3 is 0 Å². The Bertz CT molecular complexity index is 714. The Labute approximate surface area is 109 Å². The first-order valence-corrected chi connectivity index (χ1v) is 5.97. The predicted octanol–water partition coefficient (Wildman–Crippen LogP) is 2.95. The number of hydrogen-bond acceptors (Lipinski definition) is 3. The average molecular weight is 262 g/mol. The number of imidazole rings is 1. The summed E-state index contributed by atoms with van der Waals surface area (Å²) in [6, 6.07) is 7.80. The van der Waals surface area contributed by atoms with Gasteiger partial charge in [0.25, 0.3) is 0 Å². The van der Waals surface area contributed by atoms with Gasteiger partial charge in [0.15, 0.2) is 0 Å². The maximum absolute atomic E-state index is 5.99. The van der Waals surface area contributed by atoms with Crippen molar-refractivity contribution in [3.63, 3.8) is 0 Å². The smallest absolute Gasteiger partial charge is 0.203 e. The lowest BCUT2D eigenvalue weighted by Crippen LogP contribution is -1.96. The number of benzene rings is 1. The van der Waals surface area contributed by atoms with E-state index >= 15 is 0 Å². The zero-order chi connectivity index (χ0) is 12.7. The van der Waals surface area contributed by atoms with E-state index in [-0.39, 0.29) is 0 Å². The minimum Gasteiger partial charge on any atom is -0.452 e. The Balaban J connectivity index is 2.26. The summed E-state index contributed by atoms with van der Waals surface area (Å²) >= 11 is 5.99. The topological polar surface area (TPSA) is 57.0 Å². The molecular weight excluding hydrogens is 250 g/mol. The zero-order valence-electron chi connectivity index (χ0n) is 9.85. The summed E-state index contributed by atoms with van der Waals surface area (Å²) in [4.78, 5) is 4.57. The molecule has 0 aliphatic rings. The van der Waals surface area contributed by atoms with Crippen LogP contribution in [0.25, 0.3) is 22.4 Å². The van der Waals surface area contributed by atoms with Crippen LogP contribution in [0.1, 0.15) is 5.56 Å². The molecule has 5 heteroatoms. The largest absolute Gasteiger partial charge is 0.452 e. The monoisotopic (exact) mass is 261 g/mol. The van der Waals surface area contributed by atoms with Gasteiger partial charge in [-0.1, -0.05) is 6.07 Å². The molecule has 3 aromatic rings. The van der Waals surface area contributed by atoms with Crippen LogP contribution in [0.3, 0.4) is 0 Å². The minimum atomic E-state index is 0.354. The molecule has 1 aromatic carbocycles. The fraction of sp³-hybridized carbons (Fsp3) is 0.154. The molecule has 0 fully saturated rings. The molecule has 0 unspecified atom stereocenters. The second-order valence-corrected chi connectivity index (χ2v) is 4.47. The molecule has 0 saturated carbocycles. The molecule has 0 amide bonds. The van der Waals surface area contributed by atoms with E-state index in [0.29, 0.717) is 11.8 Å². The predicted molar refractivity (Wildman–Crippen MR) is 71.3 cm³/mol. The van der Waals surface area contributed by atoms with Crippen LogP contribution in [-0.4, -0.2) is 9.55 Å². The van der Waals surface area contributed by atoms with E-state index in [4.69, 9.17) is 21.8 Å². The van der Waals surface area contributed by atoms with E-state index in [1.54, 1.807) is 6.26 Å². The highest BCUT2D eigenvalue weighted by Gasteiger charge is 2.14. The van der Waals surface area contributed by atoms with Crippen LogP contribution in [0.2, 0.25) is 5.22 Å². The number of fused-ring (bicyclic) bond motifs is 1. The highest BCUT2D eigenvalue weighted by atomic mass is 35.5. The van der Waals surface area contributed by atoms with E-state index in [1.807, 2.05) is 35.9 Å². The Morgan fingerprint density at radius 2 is 2.22 bits per heavy atom. The molecule has 2 aromatic heterocycles. The molecule has 0 aliphatic heterocycles. The van der Waals surface area contributed by atoms with Crippen molar-refractivity contribution in [2.24, 2.45) is 12.8 Å². The van der Waals surface area contributed by atoms with Crippen molar-refractivity contribution in [1.29, 1.82) is 0 Å². The SMILES string of the molecule is Cn1c(-c2ccoc2Cl)nc2ccc(CN)cc21. The van der Waals surface area contributed by atoms with Gasteiger partial charge in [-0.3, -0.25) is 0 Å². The summed E-state index contributed by atoms with van der Waals surface area (Å²) in [7, 11) is 1.95. The van der Waals surface area contributed by atoms with Crippen LogP contribution in [-0.2, 0) is 13.6 Å². The Hall–Kier alpha value is -1.78. The number of aryl methyl sites for hydroxylation is 1. The zero-order valence-corrected chi connectivity index (χ0v) is 10.6. The highest BCUT2D eigenvalue weighted by molar-refractivity contribution is 6.31. The molecule has 4 nitrogen and oxygen atoms in total. The Morgan fingerprint density at radius 3 is 2.89 bits per heavy atom. The lowest BCUT2D eigenvalue weighted by molar-refractivity contribution is 0.570. The van der Waals surface area contributed by atoms with Crippen LogP contribution in [0, 0.1) is 0 Å². The molecule has 0 atom stereocenters. The van der Waals surface area contributed by atoms with Crippen molar-refractivity contribution in [2.75, 3.05) is 0 Å². The fourth-order valence-corrected chi connectivity index (χ4v) is 2.26. The number of halogens is 1. The molecule has 0 bridgehead atoms. The second-order valence-electron chi connectivity index (χ2n) is 4.13. The van der Waals surface area contributed by atoms with Crippen LogP contribution in [0.4, 0.5) is 0 Å². The van der Waals surface area contributed by atoms with Gasteiger partial charge in [0.1, 0.15) is 5.82 Å². The summed E-state index contributed by atoms with van der Waals surface area (Å²) in [5, 5.41) is 0.354. The quantitative estimate of drug-likeness (QED) is 0.772. The number of nitrogens with two attached hydrogens (primary N) is 1. The molecule has 0 radical (unpaired) electrons. The number of nitrogens with zero attached hydrogens (tertiary/aromatic N) is 2. The molecular formula is C13H12ClN3O. The lowest BCUT2D eigenvalue weighted by Gasteiger charge is -2.01. The van der Waals surface area contributed by atoms with Gasteiger partial charge in [0.2, 0.25) is 5.22 Å². The van der Waals surface area contributed by atoms with Crippen molar-refractivity contribution < 1.29 is 4.42 Å². The number of rotatable bonds is 2. The van der Waals surface area contributed by atoms with Gasteiger partial charge in [0, 0.05) is 13.6 Å². The first-order valence-electron chi connectivity index (χ1n) is 5.59. The Morgan fingerprint density at radius 1 is 1.39 bits per heavy atom. The van der Waals surface area contributed by atoms with E-state index in [2.05, 4.69) is 4.98 Å². The third-order valence-corrected chi connectivity index (χ3v) is 3.33. The van der Waals surface area contributed by atoms with Crippen molar-refractivity contribution >= 4 is 22.6 Å². The summed E-state index contributed by atoms with van der Waals surface area (Å²) in [5.74, 6) is 0.790. The Kier molecular flexibility index (Phi) is 2.61. The highest BCUT2D eigenvalue weighted by Crippen LogP contribution is 2.30. The van der Waals surface area contributed by atoms with Gasteiger partial charge in [-0.05, 0) is 35.4 Å². The third-order valence-electron chi connectivity index (χ3n) is 3.04. The lowest BCUT2D eigenvalue weighted by atomic mass is 10.2. The minimum absolute atomic E-state index is 0.354. The van der Waals surface area contributed by atoms with E-state index in [0.717, 1.165) is 28.0 Å². The molecule has 0 spiro atoms. The fourth-order valence-electron chi connectivity index (χ4n) is 2.06. The van der Waals surface area contributed by atoms with Gasteiger partial charge in [-0.2, -0.15) is 0 Å². The molecule has 0 aliphatic carbocycles. The second kappa shape index (κ2) is 4.15. The van der Waals surface area contributed by atoms with Crippen LogP contribution < -0.4 is 5.73 Å². The first kappa shape index (κ1) is 11.3. The molecule has 2 N–H and O–H groups in total. The summed E-state index contributed by atoms with van der Waals surface area (Å²) in [5.41, 5.74) is 9.48. The molecule has 2 heterocycles. The van der Waals surface area contributed by atoms with Crippen LogP contribution in [0.15, 0.2) is 34.9 Å². The normalized spacial score (nSPS) is 11.3. The number of aromatic nitrogens is 2. The summed E-state index contributed by atoms with van der Waals surface area (Å²) in [6.07, 6.45) is 1.56. The van der Waals surface area contributed by atoms with Crippen molar-refractivity contribution in [3.05, 3.63) is 41.3 Å². The van der Waals surface area contributed by atoms with Crippen molar-refractivity contribution in [3.8, 4) is 11.4 Å². The van der Waals surface area contributed by atoms with Gasteiger partial charge in [-0.25, -0.2) is 4.98 Å². The molecule has 92 valence electrons.